The second-order valence-electron chi connectivity index (χ2n) is 6.62. The molecule has 28 heavy (non-hydrogen) atoms. The number of hydrogen-bond acceptors (Lipinski definition) is 4. The SMILES string of the molecule is CCOc1ccccc1OCC(=O)NNC(=O)C1(c2cccc(Cl)c2)CCC1. The Labute approximate surface area is 169 Å². The van der Waals surface area contributed by atoms with Crippen LogP contribution in [-0.2, 0) is 15.0 Å². The number of benzene rings is 2. The molecule has 2 aromatic rings. The molecule has 7 heteroatoms. The minimum absolute atomic E-state index is 0.242. The third kappa shape index (κ3) is 4.39. The maximum Gasteiger partial charge on any atom is 0.276 e. The van der Waals surface area contributed by atoms with Crippen LogP contribution in [0.1, 0.15) is 31.7 Å². The molecule has 1 saturated carbocycles. The standard InChI is InChI=1S/C21H23ClN2O4/c1-2-27-17-9-3-4-10-18(17)28-14-19(25)23-24-20(26)21(11-6-12-21)15-7-5-8-16(22)13-15/h3-5,7-10,13H,2,6,11-12,14H2,1H3,(H,23,25)(H,24,26). The molecule has 1 aliphatic rings. The van der Waals surface area contributed by atoms with Crippen LogP contribution >= 0.6 is 11.6 Å². The molecule has 0 heterocycles. The Morgan fingerprint density at radius 1 is 1.04 bits per heavy atom. The normalized spacial score (nSPS) is 14.5. The van der Waals surface area contributed by atoms with Crippen LogP contribution in [0.3, 0.4) is 0 Å². The van der Waals surface area contributed by atoms with Crippen LogP contribution in [0.25, 0.3) is 0 Å². The van der Waals surface area contributed by atoms with Gasteiger partial charge in [-0.25, -0.2) is 0 Å². The van der Waals surface area contributed by atoms with Crippen molar-refractivity contribution in [2.24, 2.45) is 0 Å². The molecule has 2 N–H and O–H groups in total. The number of hydrazine groups is 1. The molecule has 2 amide bonds. The first-order valence-electron chi connectivity index (χ1n) is 9.25. The maximum absolute atomic E-state index is 12.7. The highest BCUT2D eigenvalue weighted by Crippen LogP contribution is 2.44. The van der Waals surface area contributed by atoms with Crippen LogP contribution in [0, 0.1) is 0 Å². The van der Waals surface area contributed by atoms with Gasteiger partial charge in [-0.1, -0.05) is 42.3 Å². The highest BCUT2D eigenvalue weighted by Gasteiger charge is 2.45. The van der Waals surface area contributed by atoms with Crippen LogP contribution in [-0.4, -0.2) is 25.0 Å². The van der Waals surface area contributed by atoms with Gasteiger partial charge in [-0.05, 0) is 49.6 Å². The number of nitrogens with one attached hydrogen (secondary N) is 2. The number of carbonyl (C=O) groups excluding carboxylic acids is 2. The monoisotopic (exact) mass is 402 g/mol. The minimum atomic E-state index is -0.652. The fourth-order valence-electron chi connectivity index (χ4n) is 3.23. The lowest BCUT2D eigenvalue weighted by Gasteiger charge is -2.40. The van der Waals surface area contributed by atoms with Crippen molar-refractivity contribution in [3.63, 3.8) is 0 Å². The van der Waals surface area contributed by atoms with E-state index < -0.39 is 11.3 Å². The van der Waals surface area contributed by atoms with E-state index in [0.29, 0.717) is 36.0 Å². The van der Waals surface area contributed by atoms with Gasteiger partial charge in [-0.3, -0.25) is 20.4 Å². The van der Waals surface area contributed by atoms with Gasteiger partial charge in [0.1, 0.15) is 0 Å². The Morgan fingerprint density at radius 3 is 2.36 bits per heavy atom. The summed E-state index contributed by atoms with van der Waals surface area (Å²) in [6, 6.07) is 14.4. The van der Waals surface area contributed by atoms with Crippen molar-refractivity contribution in [2.45, 2.75) is 31.6 Å². The molecule has 0 spiro atoms. The summed E-state index contributed by atoms with van der Waals surface area (Å²) in [5.74, 6) is 0.334. The van der Waals surface area contributed by atoms with Crippen LogP contribution < -0.4 is 20.3 Å². The number of para-hydroxylation sites is 2. The average Bonchev–Trinajstić information content (AvgIpc) is 2.65. The molecule has 0 saturated heterocycles. The number of carbonyl (C=O) groups is 2. The number of hydrogen-bond donors (Lipinski definition) is 2. The Hall–Kier alpha value is -2.73. The third-order valence-corrected chi connectivity index (χ3v) is 5.08. The molecule has 1 aliphatic carbocycles. The molecular formula is C21H23ClN2O4. The molecule has 2 aromatic carbocycles. The predicted molar refractivity (Wildman–Crippen MR) is 106 cm³/mol. The van der Waals surface area contributed by atoms with Crippen molar-refractivity contribution >= 4 is 23.4 Å². The molecule has 0 aromatic heterocycles. The summed E-state index contributed by atoms with van der Waals surface area (Å²) in [6.45, 7) is 2.12. The summed E-state index contributed by atoms with van der Waals surface area (Å²) >= 11 is 6.07. The summed E-state index contributed by atoms with van der Waals surface area (Å²) in [5.41, 5.74) is 5.16. The van der Waals surface area contributed by atoms with E-state index in [2.05, 4.69) is 10.9 Å². The topological polar surface area (TPSA) is 76.7 Å². The zero-order valence-electron chi connectivity index (χ0n) is 15.7. The Morgan fingerprint density at radius 2 is 1.75 bits per heavy atom. The van der Waals surface area contributed by atoms with Crippen LogP contribution in [0.2, 0.25) is 5.02 Å². The van der Waals surface area contributed by atoms with Crippen molar-refractivity contribution in [2.75, 3.05) is 13.2 Å². The van der Waals surface area contributed by atoms with Crippen LogP contribution in [0.15, 0.2) is 48.5 Å². The summed E-state index contributed by atoms with van der Waals surface area (Å²) in [6.07, 6.45) is 2.38. The fourth-order valence-corrected chi connectivity index (χ4v) is 3.42. The van der Waals surface area contributed by atoms with Crippen molar-refractivity contribution in [1.29, 1.82) is 0 Å². The summed E-state index contributed by atoms with van der Waals surface area (Å²) in [5, 5.41) is 0.585. The van der Waals surface area contributed by atoms with Crippen molar-refractivity contribution < 1.29 is 19.1 Å². The van der Waals surface area contributed by atoms with E-state index in [-0.39, 0.29) is 12.5 Å². The smallest absolute Gasteiger partial charge is 0.276 e. The maximum atomic E-state index is 12.7. The van der Waals surface area contributed by atoms with E-state index in [1.54, 1.807) is 30.3 Å². The van der Waals surface area contributed by atoms with E-state index in [1.807, 2.05) is 25.1 Å². The minimum Gasteiger partial charge on any atom is -0.490 e. The second-order valence-corrected chi connectivity index (χ2v) is 7.05. The molecule has 0 bridgehead atoms. The highest BCUT2D eigenvalue weighted by molar-refractivity contribution is 6.30. The van der Waals surface area contributed by atoms with Gasteiger partial charge in [0.2, 0.25) is 5.91 Å². The number of halogens is 1. The summed E-state index contributed by atoms with van der Waals surface area (Å²) in [7, 11) is 0. The Kier molecular flexibility index (Phi) is 6.41. The molecule has 0 atom stereocenters. The van der Waals surface area contributed by atoms with Gasteiger partial charge in [0.15, 0.2) is 18.1 Å². The van der Waals surface area contributed by atoms with Crippen molar-refractivity contribution in [1.82, 2.24) is 10.9 Å². The van der Waals surface area contributed by atoms with E-state index >= 15 is 0 Å². The predicted octanol–water partition coefficient (Wildman–Crippen LogP) is 3.39. The zero-order chi connectivity index (χ0) is 20.0. The third-order valence-electron chi connectivity index (χ3n) is 4.84. The second kappa shape index (κ2) is 8.97. The lowest BCUT2D eigenvalue weighted by Crippen LogP contribution is -2.55. The molecule has 0 radical (unpaired) electrons. The highest BCUT2D eigenvalue weighted by atomic mass is 35.5. The van der Waals surface area contributed by atoms with Gasteiger partial charge in [0, 0.05) is 5.02 Å². The van der Waals surface area contributed by atoms with Crippen molar-refractivity contribution in [3.8, 4) is 11.5 Å². The number of amides is 2. The molecule has 1 fully saturated rings. The number of rotatable bonds is 7. The fraction of sp³-hybridized carbons (Fsp3) is 0.333. The van der Waals surface area contributed by atoms with Gasteiger partial charge >= 0.3 is 0 Å². The van der Waals surface area contributed by atoms with E-state index in [4.69, 9.17) is 21.1 Å². The lowest BCUT2D eigenvalue weighted by atomic mass is 9.64. The van der Waals surface area contributed by atoms with E-state index in [1.165, 1.54) is 0 Å². The van der Waals surface area contributed by atoms with Gasteiger partial charge in [0.05, 0.1) is 12.0 Å². The van der Waals surface area contributed by atoms with E-state index in [9.17, 15) is 9.59 Å². The van der Waals surface area contributed by atoms with Crippen LogP contribution in [0.4, 0.5) is 0 Å². The molecule has 148 valence electrons. The first-order valence-corrected chi connectivity index (χ1v) is 9.63. The van der Waals surface area contributed by atoms with Crippen molar-refractivity contribution in [3.05, 3.63) is 59.1 Å². The molecule has 3 rings (SSSR count). The van der Waals surface area contributed by atoms with Gasteiger partial charge in [0.25, 0.3) is 5.91 Å². The Balaban J connectivity index is 1.55. The molecular weight excluding hydrogens is 380 g/mol. The molecule has 0 unspecified atom stereocenters. The Bertz CT molecular complexity index is 852. The average molecular weight is 403 g/mol. The first-order chi connectivity index (χ1) is 13.5. The van der Waals surface area contributed by atoms with Gasteiger partial charge in [-0.15, -0.1) is 0 Å². The quantitative estimate of drug-likeness (QED) is 0.696. The molecule has 0 aliphatic heterocycles. The van der Waals surface area contributed by atoms with Crippen LogP contribution in [0.5, 0.6) is 11.5 Å². The van der Waals surface area contributed by atoms with E-state index in [0.717, 1.165) is 12.0 Å². The summed E-state index contributed by atoms with van der Waals surface area (Å²) in [4.78, 5) is 24.8. The summed E-state index contributed by atoms with van der Waals surface area (Å²) < 4.78 is 11.0. The number of ether oxygens (including phenoxy) is 2. The van der Waals surface area contributed by atoms with Gasteiger partial charge < -0.3 is 9.47 Å². The van der Waals surface area contributed by atoms with Gasteiger partial charge in [-0.2, -0.15) is 0 Å². The first kappa shape index (κ1) is 20.0. The largest absolute Gasteiger partial charge is 0.490 e. The zero-order valence-corrected chi connectivity index (χ0v) is 16.4. The lowest BCUT2D eigenvalue weighted by molar-refractivity contribution is -0.135. The molecule has 6 nitrogen and oxygen atoms in total.